The summed E-state index contributed by atoms with van der Waals surface area (Å²) in [5.41, 5.74) is -1.80. The van der Waals surface area contributed by atoms with Gasteiger partial charge in [0.05, 0.1) is 5.69 Å². The quantitative estimate of drug-likeness (QED) is 0.369. The van der Waals surface area contributed by atoms with E-state index in [4.69, 9.17) is 11.6 Å². The zero-order valence-electron chi connectivity index (χ0n) is 20.3. The number of carbonyl (C=O) groups excluding carboxylic acids is 1. The molecule has 0 aliphatic rings. The molecule has 1 atom stereocenters. The second-order valence-electron chi connectivity index (χ2n) is 9.34. The molecule has 12 heteroatoms. The zero-order valence-corrected chi connectivity index (χ0v) is 21.9. The van der Waals surface area contributed by atoms with Crippen molar-refractivity contribution in [2.45, 2.75) is 40.2 Å². The SMILES string of the molecule is CC(NC(=O)c1c(N(c2ccc(Cl)cc2)S(=O)(=O)O)c(-c2ccccc2C(F)F)nn1C)C(C)(C)C. The lowest BCUT2D eigenvalue weighted by Crippen LogP contribution is -2.42. The van der Waals surface area contributed by atoms with E-state index in [0.717, 1.165) is 4.68 Å². The van der Waals surface area contributed by atoms with Crippen molar-refractivity contribution in [3.63, 3.8) is 0 Å². The molecule has 0 aliphatic heterocycles. The van der Waals surface area contributed by atoms with Gasteiger partial charge in [-0.2, -0.15) is 13.5 Å². The lowest BCUT2D eigenvalue weighted by Gasteiger charge is -2.29. The summed E-state index contributed by atoms with van der Waals surface area (Å²) in [6.07, 6.45) is -2.91. The normalized spacial score (nSPS) is 13.1. The van der Waals surface area contributed by atoms with Gasteiger partial charge in [-0.3, -0.25) is 14.0 Å². The summed E-state index contributed by atoms with van der Waals surface area (Å²) in [7, 11) is -3.69. The van der Waals surface area contributed by atoms with Crippen LogP contribution in [0.2, 0.25) is 5.02 Å². The summed E-state index contributed by atoms with van der Waals surface area (Å²) in [5.74, 6) is -0.703. The van der Waals surface area contributed by atoms with Crippen LogP contribution in [-0.4, -0.2) is 34.7 Å². The summed E-state index contributed by atoms with van der Waals surface area (Å²) in [6, 6.07) is 10.5. The number of benzene rings is 2. The number of halogens is 3. The van der Waals surface area contributed by atoms with Gasteiger partial charge in [-0.1, -0.05) is 56.6 Å². The molecule has 2 N–H and O–H groups in total. The number of aryl methyl sites for hydroxylation is 1. The van der Waals surface area contributed by atoms with E-state index in [0.29, 0.717) is 9.33 Å². The van der Waals surface area contributed by atoms with Gasteiger partial charge in [0.15, 0.2) is 5.69 Å². The van der Waals surface area contributed by atoms with E-state index >= 15 is 0 Å². The van der Waals surface area contributed by atoms with E-state index in [9.17, 15) is 26.5 Å². The Hall–Kier alpha value is -3.02. The third-order valence-electron chi connectivity index (χ3n) is 5.83. The molecule has 1 unspecified atom stereocenters. The van der Waals surface area contributed by atoms with Crippen LogP contribution in [0.1, 0.15) is 50.2 Å². The first-order valence-corrected chi connectivity index (χ1v) is 12.7. The van der Waals surface area contributed by atoms with Crippen molar-refractivity contribution in [2.75, 3.05) is 4.31 Å². The molecular weight excluding hydrogens is 514 g/mol. The molecule has 1 aromatic heterocycles. The van der Waals surface area contributed by atoms with Crippen LogP contribution in [0.15, 0.2) is 48.5 Å². The summed E-state index contributed by atoms with van der Waals surface area (Å²) in [4.78, 5) is 13.5. The molecule has 0 saturated heterocycles. The third kappa shape index (κ3) is 5.69. The van der Waals surface area contributed by atoms with E-state index in [1.54, 1.807) is 6.92 Å². The number of alkyl halides is 2. The predicted molar refractivity (Wildman–Crippen MR) is 135 cm³/mol. The lowest BCUT2D eigenvalue weighted by atomic mass is 9.88. The van der Waals surface area contributed by atoms with Crippen LogP contribution in [0.4, 0.5) is 20.2 Å². The highest BCUT2D eigenvalue weighted by atomic mass is 35.5. The highest BCUT2D eigenvalue weighted by Gasteiger charge is 2.36. The van der Waals surface area contributed by atoms with Crippen LogP contribution in [0, 0.1) is 5.41 Å². The molecule has 0 spiro atoms. The Balaban J connectivity index is 2.38. The van der Waals surface area contributed by atoms with Crippen molar-refractivity contribution in [1.82, 2.24) is 15.1 Å². The van der Waals surface area contributed by atoms with Crippen molar-refractivity contribution in [1.29, 1.82) is 0 Å². The van der Waals surface area contributed by atoms with Crippen molar-refractivity contribution in [2.24, 2.45) is 12.5 Å². The van der Waals surface area contributed by atoms with Crippen LogP contribution >= 0.6 is 11.6 Å². The number of carbonyl (C=O) groups is 1. The van der Waals surface area contributed by atoms with E-state index < -0.39 is 28.2 Å². The maximum atomic E-state index is 13.9. The van der Waals surface area contributed by atoms with Gasteiger partial charge in [-0.05, 0) is 36.6 Å². The number of aromatic nitrogens is 2. The number of amides is 1. The lowest BCUT2D eigenvalue weighted by molar-refractivity contribution is 0.0901. The van der Waals surface area contributed by atoms with Crippen molar-refractivity contribution in [3.05, 3.63) is 64.8 Å². The first-order chi connectivity index (χ1) is 16.6. The topological polar surface area (TPSA) is 105 Å². The summed E-state index contributed by atoms with van der Waals surface area (Å²) < 4.78 is 65.1. The van der Waals surface area contributed by atoms with Gasteiger partial charge < -0.3 is 5.32 Å². The Labute approximate surface area is 213 Å². The second-order valence-corrected chi connectivity index (χ2v) is 11.0. The molecule has 2 aromatic carbocycles. The number of nitrogens with one attached hydrogen (secondary N) is 1. The van der Waals surface area contributed by atoms with Gasteiger partial charge in [0.1, 0.15) is 11.4 Å². The monoisotopic (exact) mass is 540 g/mol. The predicted octanol–water partition coefficient (Wildman–Crippen LogP) is 5.78. The molecule has 0 bridgehead atoms. The van der Waals surface area contributed by atoms with Gasteiger partial charge in [0, 0.05) is 29.2 Å². The molecule has 1 heterocycles. The summed E-state index contributed by atoms with van der Waals surface area (Å²) in [6.45, 7) is 7.50. The Bertz CT molecular complexity index is 1370. The van der Waals surface area contributed by atoms with Crippen LogP contribution in [0.3, 0.4) is 0 Å². The first-order valence-electron chi connectivity index (χ1n) is 10.9. The molecule has 0 aliphatic carbocycles. The average molecular weight is 541 g/mol. The molecule has 1 amide bonds. The van der Waals surface area contributed by atoms with Crippen molar-refractivity contribution < 1.29 is 26.5 Å². The Kier molecular flexibility index (Phi) is 7.77. The number of nitrogens with zero attached hydrogens (tertiary/aromatic N) is 3. The van der Waals surface area contributed by atoms with E-state index in [1.165, 1.54) is 55.6 Å². The molecule has 8 nitrogen and oxygen atoms in total. The molecule has 0 fully saturated rings. The summed E-state index contributed by atoms with van der Waals surface area (Å²) >= 11 is 5.95. The third-order valence-corrected chi connectivity index (χ3v) is 6.94. The molecule has 0 saturated carbocycles. The van der Waals surface area contributed by atoms with Gasteiger partial charge in [-0.25, -0.2) is 13.1 Å². The molecule has 3 aromatic rings. The Morgan fingerprint density at radius 2 is 1.72 bits per heavy atom. The molecular formula is C24H27ClF2N4O4S. The number of rotatable bonds is 7. The van der Waals surface area contributed by atoms with Crippen molar-refractivity contribution >= 4 is 39.2 Å². The fraction of sp³-hybridized carbons (Fsp3) is 0.333. The van der Waals surface area contributed by atoms with Gasteiger partial charge >= 0.3 is 10.3 Å². The van der Waals surface area contributed by atoms with Gasteiger partial charge in [0.2, 0.25) is 0 Å². The largest absolute Gasteiger partial charge is 0.364 e. The fourth-order valence-corrected chi connectivity index (χ4v) is 4.40. The fourth-order valence-electron chi connectivity index (χ4n) is 3.48. The molecule has 0 radical (unpaired) electrons. The maximum absolute atomic E-state index is 13.9. The Morgan fingerprint density at radius 3 is 2.25 bits per heavy atom. The smallest absolute Gasteiger partial charge is 0.348 e. The van der Waals surface area contributed by atoms with E-state index in [2.05, 4.69) is 10.4 Å². The Morgan fingerprint density at radius 1 is 1.14 bits per heavy atom. The number of hydrogen-bond acceptors (Lipinski definition) is 4. The zero-order chi connectivity index (χ0) is 27.0. The number of anilines is 2. The minimum Gasteiger partial charge on any atom is -0.348 e. The minimum absolute atomic E-state index is 0.0800. The van der Waals surface area contributed by atoms with Crippen LogP contribution < -0.4 is 9.62 Å². The van der Waals surface area contributed by atoms with E-state index in [-0.39, 0.29) is 39.8 Å². The maximum Gasteiger partial charge on any atom is 0.364 e. The first kappa shape index (κ1) is 27.6. The van der Waals surface area contributed by atoms with E-state index in [1.807, 2.05) is 20.8 Å². The van der Waals surface area contributed by atoms with Gasteiger partial charge in [0.25, 0.3) is 12.3 Å². The number of hydrogen-bond donors (Lipinski definition) is 2. The standard InChI is InChI=1S/C24H27ClF2N4O4S/c1-14(24(2,3)4)28-23(32)21-20(31(36(33,34)35)16-12-10-15(25)11-13-16)19(29-30(21)5)17-8-6-7-9-18(17)22(26)27/h6-14,22H,1-5H3,(H,28,32)(H,33,34,35). The second kappa shape index (κ2) is 10.2. The van der Waals surface area contributed by atoms with Crippen molar-refractivity contribution in [3.8, 4) is 11.3 Å². The molecule has 36 heavy (non-hydrogen) atoms. The van der Waals surface area contributed by atoms with Crippen LogP contribution in [0.25, 0.3) is 11.3 Å². The average Bonchev–Trinajstić information content (AvgIpc) is 3.10. The highest BCUT2D eigenvalue weighted by molar-refractivity contribution is 7.87. The highest BCUT2D eigenvalue weighted by Crippen LogP contribution is 2.42. The van der Waals surface area contributed by atoms with Crippen LogP contribution in [-0.2, 0) is 17.4 Å². The minimum atomic E-state index is -5.08. The van der Waals surface area contributed by atoms with Crippen LogP contribution in [0.5, 0.6) is 0 Å². The summed E-state index contributed by atoms with van der Waals surface area (Å²) in [5, 5.41) is 7.38. The molecule has 194 valence electrons. The molecule has 3 rings (SSSR count). The van der Waals surface area contributed by atoms with Gasteiger partial charge in [-0.15, -0.1) is 0 Å².